The Morgan fingerprint density at radius 1 is 1.07 bits per heavy atom. The number of pyridine rings is 1. The van der Waals surface area contributed by atoms with Crippen molar-refractivity contribution in [3.05, 3.63) is 65.0 Å². The van der Waals surface area contributed by atoms with Crippen molar-refractivity contribution in [3.8, 4) is 0 Å². The van der Waals surface area contributed by atoms with E-state index in [-0.39, 0.29) is 17.7 Å². The quantitative estimate of drug-likeness (QED) is 0.674. The fourth-order valence-corrected chi connectivity index (χ4v) is 2.54. The number of alkyl halides is 4. The highest BCUT2D eigenvalue weighted by Crippen LogP contribution is 2.35. The maximum atomic E-state index is 13.5. The molecule has 4 nitrogen and oxygen atoms in total. The summed E-state index contributed by atoms with van der Waals surface area (Å²) in [5.41, 5.74) is -0.506. The van der Waals surface area contributed by atoms with Crippen LogP contribution in [-0.4, -0.2) is 17.1 Å². The van der Waals surface area contributed by atoms with Gasteiger partial charge in [-0.1, -0.05) is 38.1 Å². The van der Waals surface area contributed by atoms with E-state index < -0.39 is 30.5 Å². The van der Waals surface area contributed by atoms with Gasteiger partial charge in [-0.25, -0.2) is 9.18 Å². The second-order valence-electron chi connectivity index (χ2n) is 6.89. The topological polar surface area (TPSA) is 54.0 Å². The third-order valence-corrected chi connectivity index (χ3v) is 4.52. The lowest BCUT2D eigenvalue weighted by molar-refractivity contribution is -0.138. The van der Waals surface area contributed by atoms with Crippen molar-refractivity contribution in [2.45, 2.75) is 45.7 Å². The number of benzene rings is 1. The van der Waals surface area contributed by atoms with E-state index in [4.69, 9.17) is 0 Å². The van der Waals surface area contributed by atoms with Gasteiger partial charge in [0.15, 0.2) is 0 Å². The van der Waals surface area contributed by atoms with E-state index in [0.29, 0.717) is 11.1 Å². The van der Waals surface area contributed by atoms with Crippen molar-refractivity contribution >= 4 is 6.03 Å². The summed E-state index contributed by atoms with van der Waals surface area (Å²) in [6.07, 6.45) is -3.39. The van der Waals surface area contributed by atoms with Gasteiger partial charge in [-0.05, 0) is 36.1 Å². The van der Waals surface area contributed by atoms with Crippen molar-refractivity contribution in [1.29, 1.82) is 0 Å². The number of urea groups is 1. The molecular formula is C20H23F4N3O. The molecule has 2 atom stereocenters. The fourth-order valence-electron chi connectivity index (χ4n) is 2.54. The summed E-state index contributed by atoms with van der Waals surface area (Å²) in [5, 5.41) is 5.29. The molecule has 2 aromatic rings. The van der Waals surface area contributed by atoms with Gasteiger partial charge in [0.05, 0.1) is 17.3 Å². The molecule has 28 heavy (non-hydrogen) atoms. The summed E-state index contributed by atoms with van der Waals surface area (Å²) in [4.78, 5) is 16.3. The number of rotatable bonds is 6. The number of nitrogens with one attached hydrogen (secondary N) is 2. The molecule has 0 radical (unpaired) electrons. The first-order chi connectivity index (χ1) is 13.1. The van der Waals surface area contributed by atoms with Gasteiger partial charge < -0.3 is 10.6 Å². The summed E-state index contributed by atoms with van der Waals surface area (Å²) in [7, 11) is 0. The van der Waals surface area contributed by atoms with Crippen LogP contribution in [0.15, 0.2) is 42.6 Å². The van der Waals surface area contributed by atoms with E-state index in [9.17, 15) is 22.4 Å². The first kappa shape index (κ1) is 21.7. The summed E-state index contributed by atoms with van der Waals surface area (Å²) in [6, 6.07) is 6.08. The Bertz CT molecular complexity index is 791. The molecule has 0 unspecified atom stereocenters. The monoisotopic (exact) mass is 397 g/mol. The van der Waals surface area contributed by atoms with Gasteiger partial charge in [0, 0.05) is 12.2 Å². The molecule has 1 heterocycles. The van der Waals surface area contributed by atoms with E-state index in [2.05, 4.69) is 15.6 Å². The molecule has 0 fully saturated rings. The van der Waals surface area contributed by atoms with Crippen molar-refractivity contribution in [3.63, 3.8) is 0 Å². The number of halogens is 4. The molecule has 2 amide bonds. The molecule has 0 spiro atoms. The SMILES string of the molecule is CC(C)[C@H](C)NC(=O)N[C@@H](c1ccc(CF)cc1)c1ncccc1C(F)(F)F. The van der Waals surface area contributed by atoms with Crippen LogP contribution in [0.3, 0.4) is 0 Å². The highest BCUT2D eigenvalue weighted by atomic mass is 19.4. The van der Waals surface area contributed by atoms with Crippen molar-refractivity contribution in [1.82, 2.24) is 15.6 Å². The minimum Gasteiger partial charge on any atom is -0.335 e. The smallest absolute Gasteiger partial charge is 0.335 e. The molecule has 1 aromatic heterocycles. The fraction of sp³-hybridized carbons (Fsp3) is 0.400. The zero-order valence-corrected chi connectivity index (χ0v) is 15.8. The van der Waals surface area contributed by atoms with E-state index in [1.165, 1.54) is 36.5 Å². The van der Waals surface area contributed by atoms with Crippen LogP contribution < -0.4 is 10.6 Å². The Morgan fingerprint density at radius 3 is 2.25 bits per heavy atom. The second kappa shape index (κ2) is 9.03. The van der Waals surface area contributed by atoms with E-state index in [0.717, 1.165) is 6.07 Å². The van der Waals surface area contributed by atoms with Crippen molar-refractivity contribution < 1.29 is 22.4 Å². The molecular weight excluding hydrogens is 374 g/mol. The average molecular weight is 397 g/mol. The van der Waals surface area contributed by atoms with Gasteiger partial charge in [-0.3, -0.25) is 4.98 Å². The number of aromatic nitrogens is 1. The van der Waals surface area contributed by atoms with Gasteiger partial charge in [-0.15, -0.1) is 0 Å². The molecule has 8 heteroatoms. The van der Waals surface area contributed by atoms with Crippen LogP contribution in [0.4, 0.5) is 22.4 Å². The Morgan fingerprint density at radius 2 is 1.71 bits per heavy atom. The molecule has 2 N–H and O–H groups in total. The summed E-state index contributed by atoms with van der Waals surface area (Å²) < 4.78 is 53.2. The first-order valence-corrected chi connectivity index (χ1v) is 8.87. The number of hydrogen-bond acceptors (Lipinski definition) is 2. The molecule has 0 aliphatic rings. The van der Waals surface area contributed by atoms with E-state index in [1.807, 2.05) is 13.8 Å². The normalized spacial score (nSPS) is 13.9. The molecule has 0 bridgehead atoms. The molecule has 1 aromatic carbocycles. The van der Waals surface area contributed by atoms with Gasteiger partial charge in [0.1, 0.15) is 6.67 Å². The van der Waals surface area contributed by atoms with Gasteiger partial charge >= 0.3 is 12.2 Å². The minimum absolute atomic E-state index is 0.147. The van der Waals surface area contributed by atoms with Crippen LogP contribution in [0.5, 0.6) is 0 Å². The van der Waals surface area contributed by atoms with E-state index in [1.54, 1.807) is 6.92 Å². The number of carbonyl (C=O) groups is 1. The van der Waals surface area contributed by atoms with Crippen LogP contribution in [0, 0.1) is 5.92 Å². The lowest BCUT2D eigenvalue weighted by Crippen LogP contribution is -2.45. The van der Waals surface area contributed by atoms with Gasteiger partial charge in [0.2, 0.25) is 0 Å². The third kappa shape index (κ3) is 5.43. The van der Waals surface area contributed by atoms with Crippen LogP contribution in [0.1, 0.15) is 49.2 Å². The van der Waals surface area contributed by atoms with Crippen LogP contribution in [0.2, 0.25) is 0 Å². The predicted octanol–water partition coefficient (Wildman–Crippen LogP) is 5.00. The molecule has 152 valence electrons. The van der Waals surface area contributed by atoms with Crippen molar-refractivity contribution in [2.24, 2.45) is 5.92 Å². The van der Waals surface area contributed by atoms with Crippen LogP contribution >= 0.6 is 0 Å². The average Bonchev–Trinajstić information content (AvgIpc) is 2.65. The third-order valence-electron chi connectivity index (χ3n) is 4.52. The number of amides is 2. The highest BCUT2D eigenvalue weighted by molar-refractivity contribution is 5.75. The van der Waals surface area contributed by atoms with Crippen LogP contribution in [-0.2, 0) is 12.9 Å². The lowest BCUT2D eigenvalue weighted by atomic mass is 9.98. The molecule has 0 aliphatic carbocycles. The maximum Gasteiger partial charge on any atom is 0.418 e. The molecule has 2 rings (SSSR count). The summed E-state index contributed by atoms with van der Waals surface area (Å²) >= 11 is 0. The first-order valence-electron chi connectivity index (χ1n) is 8.87. The zero-order chi connectivity index (χ0) is 20.9. The number of nitrogens with zero attached hydrogens (tertiary/aromatic N) is 1. The Kier molecular flexibility index (Phi) is 6.99. The maximum absolute atomic E-state index is 13.5. The van der Waals surface area contributed by atoms with Gasteiger partial charge in [-0.2, -0.15) is 13.2 Å². The van der Waals surface area contributed by atoms with Gasteiger partial charge in [0.25, 0.3) is 0 Å². The zero-order valence-electron chi connectivity index (χ0n) is 15.8. The minimum atomic E-state index is -4.63. The summed E-state index contributed by atoms with van der Waals surface area (Å²) in [6.45, 7) is 4.94. The number of carbonyl (C=O) groups excluding carboxylic acids is 1. The number of hydrogen-bond donors (Lipinski definition) is 2. The molecule has 0 saturated carbocycles. The predicted molar refractivity (Wildman–Crippen MR) is 98.3 cm³/mol. The summed E-state index contributed by atoms with van der Waals surface area (Å²) in [5.74, 6) is 0.147. The largest absolute Gasteiger partial charge is 0.418 e. The Hall–Kier alpha value is -2.64. The lowest BCUT2D eigenvalue weighted by Gasteiger charge is -2.24. The Balaban J connectivity index is 2.44. The standard InChI is InChI=1S/C20H23F4N3O/c1-12(2)13(3)26-19(28)27-17(15-8-6-14(11-21)7-9-15)18-16(20(22,23)24)5-4-10-25-18/h4-10,12-13,17H,11H2,1-3H3,(H2,26,27,28)/t13-,17-/m0/s1. The second-order valence-corrected chi connectivity index (χ2v) is 6.89. The molecule has 0 aliphatic heterocycles. The van der Waals surface area contributed by atoms with Crippen molar-refractivity contribution in [2.75, 3.05) is 0 Å². The molecule has 0 saturated heterocycles. The van der Waals surface area contributed by atoms with E-state index >= 15 is 0 Å². The van der Waals surface area contributed by atoms with Crippen LogP contribution in [0.25, 0.3) is 0 Å². The highest BCUT2D eigenvalue weighted by Gasteiger charge is 2.37. The Labute approximate surface area is 161 Å².